The van der Waals surface area contributed by atoms with E-state index < -0.39 is 11.5 Å². The topological polar surface area (TPSA) is 84.7 Å². The molecule has 0 saturated carbocycles. The molecule has 206 valence electrons. The van der Waals surface area contributed by atoms with Gasteiger partial charge in [-0.25, -0.2) is 0 Å². The van der Waals surface area contributed by atoms with Gasteiger partial charge in [-0.2, -0.15) is 0 Å². The van der Waals surface area contributed by atoms with Crippen LogP contribution in [-0.2, 0) is 27.2 Å². The summed E-state index contributed by atoms with van der Waals surface area (Å²) in [7, 11) is 0. The Morgan fingerprint density at radius 3 is 2.33 bits per heavy atom. The number of nitrogens with zero attached hydrogens (tertiary/aromatic N) is 1. The van der Waals surface area contributed by atoms with Crippen LogP contribution in [-0.4, -0.2) is 55.6 Å². The summed E-state index contributed by atoms with van der Waals surface area (Å²) >= 11 is 1.63. The molecule has 2 amide bonds. The second-order valence-corrected chi connectivity index (χ2v) is 12.0. The van der Waals surface area contributed by atoms with Crippen LogP contribution in [0.1, 0.15) is 36.1 Å². The number of thiophene rings is 1. The van der Waals surface area contributed by atoms with E-state index in [2.05, 4.69) is 41.7 Å². The highest BCUT2D eigenvalue weighted by molar-refractivity contribution is 7.09. The highest BCUT2D eigenvalue weighted by atomic mass is 32.1. The van der Waals surface area contributed by atoms with Crippen LogP contribution < -0.4 is 11.1 Å². The lowest BCUT2D eigenvalue weighted by molar-refractivity contribution is -0.141. The summed E-state index contributed by atoms with van der Waals surface area (Å²) in [5.41, 5.74) is 9.25. The van der Waals surface area contributed by atoms with E-state index in [-0.39, 0.29) is 11.8 Å². The average Bonchev–Trinajstić information content (AvgIpc) is 3.50. The number of ether oxygens (including phenoxy) is 1. The zero-order chi connectivity index (χ0) is 27.1. The molecule has 7 heteroatoms. The number of hydrogen-bond donors (Lipinski definition) is 2. The first-order valence-corrected chi connectivity index (χ1v) is 15.0. The number of benzene rings is 2. The normalized spacial score (nSPS) is 18.4. The van der Waals surface area contributed by atoms with E-state index in [1.165, 1.54) is 5.56 Å². The number of nitrogens with one attached hydrogen (secondary N) is 1. The highest BCUT2D eigenvalue weighted by Gasteiger charge is 2.43. The van der Waals surface area contributed by atoms with Gasteiger partial charge < -0.3 is 20.7 Å². The van der Waals surface area contributed by atoms with Gasteiger partial charge in [0.1, 0.15) is 0 Å². The summed E-state index contributed by atoms with van der Waals surface area (Å²) < 4.78 is 5.49. The molecule has 1 aromatic heterocycles. The van der Waals surface area contributed by atoms with E-state index in [0.29, 0.717) is 51.2 Å². The molecule has 6 nitrogen and oxygen atoms in total. The Labute approximate surface area is 235 Å². The van der Waals surface area contributed by atoms with Crippen molar-refractivity contribution in [1.29, 1.82) is 0 Å². The van der Waals surface area contributed by atoms with Gasteiger partial charge in [-0.05, 0) is 66.2 Å². The minimum absolute atomic E-state index is 0.0215. The Balaban J connectivity index is 1.27. The number of rotatable bonds is 9. The van der Waals surface area contributed by atoms with Crippen molar-refractivity contribution in [2.45, 2.75) is 44.6 Å². The molecule has 2 fully saturated rings. The first-order chi connectivity index (χ1) is 19.0. The van der Waals surface area contributed by atoms with Gasteiger partial charge in [-0.15, -0.1) is 11.3 Å². The lowest BCUT2D eigenvalue weighted by atomic mass is 9.72. The van der Waals surface area contributed by atoms with Crippen LogP contribution >= 0.6 is 11.3 Å². The molecule has 2 aliphatic rings. The Morgan fingerprint density at radius 2 is 1.67 bits per heavy atom. The van der Waals surface area contributed by atoms with Gasteiger partial charge >= 0.3 is 0 Å². The molecule has 0 spiro atoms. The highest BCUT2D eigenvalue weighted by Crippen LogP contribution is 2.37. The molecule has 1 atom stereocenters. The second kappa shape index (κ2) is 12.9. The molecule has 0 aliphatic carbocycles. The maximum absolute atomic E-state index is 13.8. The van der Waals surface area contributed by atoms with E-state index in [9.17, 15) is 9.59 Å². The maximum atomic E-state index is 13.8. The van der Waals surface area contributed by atoms with E-state index in [1.807, 2.05) is 40.6 Å². The van der Waals surface area contributed by atoms with Gasteiger partial charge in [0.05, 0.1) is 11.5 Å². The molecule has 2 aromatic carbocycles. The molecule has 0 bridgehead atoms. The van der Waals surface area contributed by atoms with Crippen molar-refractivity contribution in [2.24, 2.45) is 17.1 Å². The number of nitrogens with two attached hydrogens (primary N) is 1. The molecular weight excluding hydrogens is 506 g/mol. The van der Waals surface area contributed by atoms with E-state index >= 15 is 0 Å². The molecule has 2 saturated heterocycles. The number of piperidine rings is 1. The minimum atomic E-state index is -0.552. The van der Waals surface area contributed by atoms with Crippen molar-refractivity contribution in [1.82, 2.24) is 10.2 Å². The summed E-state index contributed by atoms with van der Waals surface area (Å²) in [6.45, 7) is 3.31. The van der Waals surface area contributed by atoms with Gasteiger partial charge in [0.2, 0.25) is 11.8 Å². The standard InChI is InChI=1S/C32H39N3O3S/c33-29(21-28-7-4-20-39-28)30(36)35-16-14-32(15-17-35,31(37)34-23-25-12-18-38-19-13-25)22-24-8-10-27(11-9-24)26-5-2-1-3-6-26/h1-11,20,25,29H,12-19,21-23,33H2,(H,34,37)/t29-/m0/s1. The van der Waals surface area contributed by atoms with Crippen LogP contribution in [0.4, 0.5) is 0 Å². The maximum Gasteiger partial charge on any atom is 0.239 e. The lowest BCUT2D eigenvalue weighted by Crippen LogP contribution is -2.54. The van der Waals surface area contributed by atoms with E-state index in [0.717, 1.165) is 42.1 Å². The molecule has 0 radical (unpaired) electrons. The predicted molar refractivity (Wildman–Crippen MR) is 156 cm³/mol. The molecule has 0 unspecified atom stereocenters. The summed E-state index contributed by atoms with van der Waals surface area (Å²) in [5, 5.41) is 5.30. The van der Waals surface area contributed by atoms with Gasteiger partial charge in [0.25, 0.3) is 0 Å². The summed E-state index contributed by atoms with van der Waals surface area (Å²) in [6.07, 6.45) is 4.44. The van der Waals surface area contributed by atoms with Gasteiger partial charge in [0, 0.05) is 44.1 Å². The van der Waals surface area contributed by atoms with Crippen LogP contribution in [0.25, 0.3) is 11.1 Å². The second-order valence-electron chi connectivity index (χ2n) is 11.0. The number of carbonyl (C=O) groups excluding carboxylic acids is 2. The third-order valence-corrected chi connectivity index (χ3v) is 9.23. The monoisotopic (exact) mass is 545 g/mol. The Morgan fingerprint density at radius 1 is 0.974 bits per heavy atom. The quantitative estimate of drug-likeness (QED) is 0.409. The Hall–Kier alpha value is -3.00. The Bertz CT molecular complexity index is 1200. The smallest absolute Gasteiger partial charge is 0.239 e. The fourth-order valence-corrected chi connectivity index (χ4v) is 6.58. The van der Waals surface area contributed by atoms with E-state index in [4.69, 9.17) is 10.5 Å². The molecule has 3 N–H and O–H groups in total. The molecule has 3 heterocycles. The lowest BCUT2D eigenvalue weighted by Gasteiger charge is -2.42. The third kappa shape index (κ3) is 6.96. The summed E-state index contributed by atoms with van der Waals surface area (Å²) in [6, 6.07) is 22.3. The van der Waals surface area contributed by atoms with Crippen LogP contribution in [0, 0.1) is 11.3 Å². The fraction of sp³-hybridized carbons (Fsp3) is 0.438. The van der Waals surface area contributed by atoms with Crippen molar-refractivity contribution < 1.29 is 14.3 Å². The average molecular weight is 546 g/mol. The molecule has 39 heavy (non-hydrogen) atoms. The van der Waals surface area contributed by atoms with Gasteiger partial charge in [-0.3, -0.25) is 9.59 Å². The SMILES string of the molecule is N[C@@H](Cc1cccs1)C(=O)N1CCC(Cc2ccc(-c3ccccc3)cc2)(C(=O)NCC2CCOCC2)CC1. The van der Waals surface area contributed by atoms with Crippen LogP contribution in [0.2, 0.25) is 0 Å². The zero-order valence-electron chi connectivity index (χ0n) is 22.5. The van der Waals surface area contributed by atoms with Crippen molar-refractivity contribution in [2.75, 3.05) is 32.8 Å². The van der Waals surface area contributed by atoms with Crippen molar-refractivity contribution in [3.05, 3.63) is 82.6 Å². The molecule has 2 aliphatic heterocycles. The third-order valence-electron chi connectivity index (χ3n) is 8.33. The van der Waals surface area contributed by atoms with E-state index in [1.54, 1.807) is 11.3 Å². The van der Waals surface area contributed by atoms with Crippen LogP contribution in [0.3, 0.4) is 0 Å². The number of carbonyl (C=O) groups is 2. The van der Waals surface area contributed by atoms with Crippen LogP contribution in [0.15, 0.2) is 72.1 Å². The fourth-order valence-electron chi connectivity index (χ4n) is 5.82. The molecule has 3 aromatic rings. The number of hydrogen-bond acceptors (Lipinski definition) is 5. The molecule has 5 rings (SSSR count). The molecular formula is C32H39N3O3S. The minimum Gasteiger partial charge on any atom is -0.381 e. The van der Waals surface area contributed by atoms with Gasteiger partial charge in [-0.1, -0.05) is 60.7 Å². The van der Waals surface area contributed by atoms with Crippen molar-refractivity contribution in [3.63, 3.8) is 0 Å². The first-order valence-electron chi connectivity index (χ1n) is 14.1. The Kier molecular flexibility index (Phi) is 9.12. The van der Waals surface area contributed by atoms with Gasteiger partial charge in [0.15, 0.2) is 0 Å². The first kappa shape index (κ1) is 27.6. The van der Waals surface area contributed by atoms with Crippen LogP contribution in [0.5, 0.6) is 0 Å². The largest absolute Gasteiger partial charge is 0.381 e. The zero-order valence-corrected chi connectivity index (χ0v) is 23.3. The van der Waals surface area contributed by atoms with Crippen molar-refractivity contribution >= 4 is 23.2 Å². The number of likely N-dealkylation sites (tertiary alicyclic amines) is 1. The number of amides is 2. The summed E-state index contributed by atoms with van der Waals surface area (Å²) in [4.78, 5) is 30.0. The summed E-state index contributed by atoms with van der Waals surface area (Å²) in [5.74, 6) is 0.546. The van der Waals surface area contributed by atoms with Crippen molar-refractivity contribution in [3.8, 4) is 11.1 Å². The predicted octanol–water partition coefficient (Wildman–Crippen LogP) is 4.68.